The summed E-state index contributed by atoms with van der Waals surface area (Å²) < 4.78 is 2.23. The highest BCUT2D eigenvalue weighted by molar-refractivity contribution is 7.25. The number of aromatic nitrogens is 3. The van der Waals surface area contributed by atoms with Crippen LogP contribution in [-0.4, -0.2) is 14.5 Å². The Morgan fingerprint density at radius 2 is 1.81 bits per heavy atom. The first-order valence-corrected chi connectivity index (χ1v) is 9.29. The predicted octanol–water partition coefficient (Wildman–Crippen LogP) is 5.11. The number of aryl methyl sites for hydroxylation is 1. The van der Waals surface area contributed by atoms with Crippen molar-refractivity contribution in [3.05, 3.63) is 75.8 Å². The quantitative estimate of drug-likeness (QED) is 0.408. The zero-order chi connectivity index (χ0) is 17.8. The largest absolute Gasteiger partial charge is 0.276 e. The number of halogens is 1. The molecule has 0 fully saturated rings. The maximum absolute atomic E-state index is 13.2. The first-order chi connectivity index (χ1) is 12.6. The van der Waals surface area contributed by atoms with Crippen molar-refractivity contribution in [3.63, 3.8) is 0 Å². The van der Waals surface area contributed by atoms with E-state index in [-0.39, 0.29) is 5.56 Å². The van der Waals surface area contributed by atoms with Gasteiger partial charge in [-0.25, -0.2) is 9.97 Å². The van der Waals surface area contributed by atoms with Gasteiger partial charge >= 0.3 is 0 Å². The summed E-state index contributed by atoms with van der Waals surface area (Å²) in [6.45, 7) is 1.84. The Morgan fingerprint density at radius 1 is 1.04 bits per heavy atom. The molecule has 0 aliphatic heterocycles. The van der Waals surface area contributed by atoms with E-state index in [9.17, 15) is 4.79 Å². The van der Waals surface area contributed by atoms with Crippen LogP contribution in [-0.2, 0) is 0 Å². The van der Waals surface area contributed by atoms with E-state index in [2.05, 4.69) is 6.07 Å². The Morgan fingerprint density at radius 3 is 2.62 bits per heavy atom. The summed E-state index contributed by atoms with van der Waals surface area (Å²) in [6.07, 6.45) is 0. The van der Waals surface area contributed by atoms with E-state index in [1.54, 1.807) is 16.7 Å². The molecule has 0 spiro atoms. The van der Waals surface area contributed by atoms with Gasteiger partial charge < -0.3 is 0 Å². The van der Waals surface area contributed by atoms with Gasteiger partial charge in [0.05, 0.1) is 16.7 Å². The molecule has 5 aromatic rings. The second-order valence-corrected chi connectivity index (χ2v) is 7.53. The standard InChI is InChI=1S/C20H12ClN3OS/c1-11-22-17-15-10-12-4-2-3-5-16(12)23-19(15)26-18(17)20(25)24(11)14-8-6-13(21)7-9-14/h2-10H,1H3. The third kappa shape index (κ3) is 2.25. The number of para-hydroxylation sites is 1. The lowest BCUT2D eigenvalue weighted by atomic mass is 10.2. The van der Waals surface area contributed by atoms with Crippen molar-refractivity contribution in [2.24, 2.45) is 0 Å². The average molecular weight is 378 g/mol. The van der Waals surface area contributed by atoms with Crippen molar-refractivity contribution in [1.29, 1.82) is 0 Å². The Hall–Kier alpha value is -2.76. The molecular weight excluding hydrogens is 366 g/mol. The Labute approximate surface area is 157 Å². The van der Waals surface area contributed by atoms with Crippen LogP contribution < -0.4 is 5.56 Å². The molecule has 126 valence electrons. The first kappa shape index (κ1) is 15.5. The number of thiophene rings is 1. The lowest BCUT2D eigenvalue weighted by Gasteiger charge is -2.09. The highest BCUT2D eigenvalue weighted by Crippen LogP contribution is 2.32. The molecule has 0 unspecified atom stereocenters. The molecule has 0 amide bonds. The van der Waals surface area contributed by atoms with Gasteiger partial charge in [-0.3, -0.25) is 9.36 Å². The second-order valence-electron chi connectivity index (χ2n) is 6.09. The van der Waals surface area contributed by atoms with E-state index in [1.165, 1.54) is 11.3 Å². The number of benzene rings is 2. The molecule has 0 N–H and O–H groups in total. The molecule has 26 heavy (non-hydrogen) atoms. The minimum atomic E-state index is -0.0816. The number of fused-ring (bicyclic) bond motifs is 4. The van der Waals surface area contributed by atoms with E-state index >= 15 is 0 Å². The van der Waals surface area contributed by atoms with Crippen molar-refractivity contribution in [3.8, 4) is 5.69 Å². The van der Waals surface area contributed by atoms with Crippen LogP contribution in [0.5, 0.6) is 0 Å². The molecule has 0 aliphatic carbocycles. The van der Waals surface area contributed by atoms with Gasteiger partial charge in [-0.2, -0.15) is 0 Å². The van der Waals surface area contributed by atoms with E-state index < -0.39 is 0 Å². The van der Waals surface area contributed by atoms with Crippen LogP contribution >= 0.6 is 22.9 Å². The molecule has 5 rings (SSSR count). The molecular formula is C20H12ClN3OS. The minimum Gasteiger partial charge on any atom is -0.267 e. The maximum atomic E-state index is 13.2. The lowest BCUT2D eigenvalue weighted by molar-refractivity contribution is 0.898. The number of rotatable bonds is 1. The van der Waals surface area contributed by atoms with E-state index in [4.69, 9.17) is 21.6 Å². The molecule has 0 saturated heterocycles. The fourth-order valence-electron chi connectivity index (χ4n) is 3.22. The fourth-order valence-corrected chi connectivity index (χ4v) is 4.38. The third-order valence-electron chi connectivity index (χ3n) is 4.44. The molecule has 4 nitrogen and oxygen atoms in total. The first-order valence-electron chi connectivity index (χ1n) is 8.09. The topological polar surface area (TPSA) is 47.8 Å². The van der Waals surface area contributed by atoms with Crippen LogP contribution in [0, 0.1) is 6.92 Å². The second kappa shape index (κ2) is 5.62. The van der Waals surface area contributed by atoms with Crippen LogP contribution in [0.1, 0.15) is 5.82 Å². The van der Waals surface area contributed by atoms with Gasteiger partial charge in [0.1, 0.15) is 15.4 Å². The molecule has 0 saturated carbocycles. The van der Waals surface area contributed by atoms with Crippen LogP contribution in [0.2, 0.25) is 5.02 Å². The third-order valence-corrected chi connectivity index (χ3v) is 5.77. The predicted molar refractivity (Wildman–Crippen MR) is 108 cm³/mol. The number of hydrogen-bond donors (Lipinski definition) is 0. The molecule has 3 aromatic heterocycles. The lowest BCUT2D eigenvalue weighted by Crippen LogP contribution is -2.21. The molecule has 3 heterocycles. The van der Waals surface area contributed by atoms with Crippen LogP contribution in [0.15, 0.2) is 59.4 Å². The van der Waals surface area contributed by atoms with Gasteiger partial charge in [-0.05, 0) is 43.3 Å². The Bertz CT molecular complexity index is 1370. The van der Waals surface area contributed by atoms with Crippen molar-refractivity contribution >= 4 is 54.3 Å². The van der Waals surface area contributed by atoms with Crippen molar-refractivity contribution < 1.29 is 0 Å². The van der Waals surface area contributed by atoms with Gasteiger partial charge in [-0.1, -0.05) is 29.8 Å². The molecule has 2 aromatic carbocycles. The Kier molecular flexibility index (Phi) is 3.35. The fraction of sp³-hybridized carbons (Fsp3) is 0.0500. The zero-order valence-corrected chi connectivity index (χ0v) is 15.3. The summed E-state index contributed by atoms with van der Waals surface area (Å²) in [5.74, 6) is 0.637. The SMILES string of the molecule is Cc1nc2c(sc3nc4ccccc4cc32)c(=O)n1-c1ccc(Cl)cc1. The van der Waals surface area contributed by atoms with E-state index in [0.717, 1.165) is 32.3 Å². The average Bonchev–Trinajstić information content (AvgIpc) is 2.99. The highest BCUT2D eigenvalue weighted by Gasteiger charge is 2.16. The monoisotopic (exact) mass is 377 g/mol. The molecule has 6 heteroatoms. The highest BCUT2D eigenvalue weighted by atomic mass is 35.5. The van der Waals surface area contributed by atoms with Crippen LogP contribution in [0.25, 0.3) is 37.0 Å². The number of pyridine rings is 1. The summed E-state index contributed by atoms with van der Waals surface area (Å²) in [7, 11) is 0. The molecule has 0 bridgehead atoms. The normalized spacial score (nSPS) is 11.6. The summed E-state index contributed by atoms with van der Waals surface area (Å²) in [5.41, 5.74) is 2.31. The van der Waals surface area contributed by atoms with Crippen molar-refractivity contribution in [2.45, 2.75) is 6.92 Å². The number of hydrogen-bond acceptors (Lipinski definition) is 4. The minimum absolute atomic E-state index is 0.0816. The van der Waals surface area contributed by atoms with Gasteiger partial charge in [-0.15, -0.1) is 11.3 Å². The number of nitrogens with zero attached hydrogens (tertiary/aromatic N) is 3. The zero-order valence-electron chi connectivity index (χ0n) is 13.7. The maximum Gasteiger partial charge on any atom is 0.276 e. The molecule has 0 radical (unpaired) electrons. The Balaban J connectivity index is 1.88. The smallest absolute Gasteiger partial charge is 0.267 e. The van der Waals surface area contributed by atoms with Crippen molar-refractivity contribution in [2.75, 3.05) is 0 Å². The van der Waals surface area contributed by atoms with Gasteiger partial charge in [0.2, 0.25) is 0 Å². The van der Waals surface area contributed by atoms with Crippen LogP contribution in [0.4, 0.5) is 0 Å². The van der Waals surface area contributed by atoms with Gasteiger partial charge in [0, 0.05) is 15.8 Å². The van der Waals surface area contributed by atoms with Gasteiger partial charge in [0.15, 0.2) is 0 Å². The summed E-state index contributed by atoms with van der Waals surface area (Å²) in [4.78, 5) is 23.4. The molecule has 0 aliphatic rings. The van der Waals surface area contributed by atoms with E-state index in [0.29, 0.717) is 15.5 Å². The van der Waals surface area contributed by atoms with Crippen LogP contribution in [0.3, 0.4) is 0 Å². The summed E-state index contributed by atoms with van der Waals surface area (Å²) in [5, 5.41) is 2.60. The van der Waals surface area contributed by atoms with E-state index in [1.807, 2.05) is 43.3 Å². The van der Waals surface area contributed by atoms with Crippen molar-refractivity contribution in [1.82, 2.24) is 14.5 Å². The molecule has 0 atom stereocenters. The van der Waals surface area contributed by atoms with Gasteiger partial charge in [0.25, 0.3) is 5.56 Å². The summed E-state index contributed by atoms with van der Waals surface area (Å²) in [6, 6.07) is 17.2. The summed E-state index contributed by atoms with van der Waals surface area (Å²) >= 11 is 7.36.